The molecule has 0 atom stereocenters. The first-order valence-corrected chi connectivity index (χ1v) is 6.90. The Kier molecular flexibility index (Phi) is 5.45. The van der Waals surface area contributed by atoms with Gasteiger partial charge in [0.1, 0.15) is 0 Å². The van der Waals surface area contributed by atoms with Gasteiger partial charge >= 0.3 is 0 Å². The van der Waals surface area contributed by atoms with Crippen molar-refractivity contribution in [2.75, 3.05) is 39.3 Å². The third-order valence-corrected chi connectivity index (χ3v) is 3.75. The van der Waals surface area contributed by atoms with Crippen LogP contribution >= 0.6 is 15.9 Å². The molecule has 0 radical (unpaired) electrons. The van der Waals surface area contributed by atoms with Gasteiger partial charge in [-0.25, -0.2) is 0 Å². The van der Waals surface area contributed by atoms with Gasteiger partial charge in [-0.2, -0.15) is 0 Å². The Balaban J connectivity index is 1.64. The maximum Gasteiger partial charge on any atom is 0.0728 e. The Labute approximate surface area is 111 Å². The Morgan fingerprint density at radius 3 is 2.76 bits per heavy atom. The van der Waals surface area contributed by atoms with E-state index in [2.05, 4.69) is 38.3 Å². The number of rotatable bonds is 5. The number of hydrogen-bond donors (Lipinski definition) is 1. The topological polar surface area (TPSA) is 24.5 Å². The minimum absolute atomic E-state index is 0.688. The zero-order valence-corrected chi connectivity index (χ0v) is 11.6. The van der Waals surface area contributed by atoms with E-state index in [1.54, 1.807) is 0 Å². The third kappa shape index (κ3) is 4.39. The fourth-order valence-corrected chi connectivity index (χ4v) is 2.33. The summed E-state index contributed by atoms with van der Waals surface area (Å²) in [5.74, 6) is 0. The Hall–Kier alpha value is -0.420. The summed E-state index contributed by atoms with van der Waals surface area (Å²) < 4.78 is 6.84. The lowest BCUT2D eigenvalue weighted by Gasteiger charge is -2.26. The predicted octanol–water partition coefficient (Wildman–Crippen LogP) is 1.87. The first-order valence-electron chi connectivity index (χ1n) is 6.10. The molecule has 0 unspecified atom stereocenters. The first kappa shape index (κ1) is 13.0. The molecule has 0 aliphatic carbocycles. The van der Waals surface area contributed by atoms with Crippen LogP contribution in [-0.4, -0.2) is 44.2 Å². The SMILES string of the molecule is Brc1ccccc1COCCN1CCNCC1. The van der Waals surface area contributed by atoms with Gasteiger partial charge in [-0.15, -0.1) is 0 Å². The number of piperazine rings is 1. The maximum absolute atomic E-state index is 5.71. The molecular weight excluding hydrogens is 280 g/mol. The van der Waals surface area contributed by atoms with E-state index in [0.717, 1.165) is 43.8 Å². The molecule has 1 aromatic rings. The van der Waals surface area contributed by atoms with Crippen LogP contribution in [0, 0.1) is 0 Å². The summed E-state index contributed by atoms with van der Waals surface area (Å²) in [7, 11) is 0. The van der Waals surface area contributed by atoms with Gasteiger partial charge in [0, 0.05) is 37.2 Å². The van der Waals surface area contributed by atoms with E-state index in [9.17, 15) is 0 Å². The molecular formula is C13H19BrN2O. The number of ether oxygens (including phenoxy) is 1. The average molecular weight is 299 g/mol. The summed E-state index contributed by atoms with van der Waals surface area (Å²) in [6.07, 6.45) is 0. The molecule has 1 N–H and O–H groups in total. The van der Waals surface area contributed by atoms with Crippen molar-refractivity contribution in [3.8, 4) is 0 Å². The minimum atomic E-state index is 0.688. The zero-order chi connectivity index (χ0) is 11.9. The van der Waals surface area contributed by atoms with Crippen LogP contribution in [0.3, 0.4) is 0 Å². The Morgan fingerprint density at radius 2 is 2.00 bits per heavy atom. The van der Waals surface area contributed by atoms with Crippen molar-refractivity contribution < 1.29 is 4.74 Å². The van der Waals surface area contributed by atoms with Crippen LogP contribution in [0.1, 0.15) is 5.56 Å². The first-order chi connectivity index (χ1) is 8.36. The molecule has 4 heteroatoms. The van der Waals surface area contributed by atoms with Crippen LogP contribution in [0.4, 0.5) is 0 Å². The van der Waals surface area contributed by atoms with Gasteiger partial charge in [0.2, 0.25) is 0 Å². The van der Waals surface area contributed by atoms with Crippen LogP contribution in [0.5, 0.6) is 0 Å². The lowest BCUT2D eigenvalue weighted by Crippen LogP contribution is -2.44. The van der Waals surface area contributed by atoms with Crippen molar-refractivity contribution in [2.45, 2.75) is 6.61 Å². The lowest BCUT2D eigenvalue weighted by molar-refractivity contribution is 0.0883. The van der Waals surface area contributed by atoms with Crippen molar-refractivity contribution in [3.05, 3.63) is 34.3 Å². The molecule has 0 saturated carbocycles. The molecule has 1 saturated heterocycles. The molecule has 2 rings (SSSR count). The van der Waals surface area contributed by atoms with E-state index in [-0.39, 0.29) is 0 Å². The highest BCUT2D eigenvalue weighted by atomic mass is 79.9. The molecule has 1 fully saturated rings. The summed E-state index contributed by atoms with van der Waals surface area (Å²) in [6, 6.07) is 8.21. The van der Waals surface area contributed by atoms with E-state index in [0.29, 0.717) is 6.61 Å². The molecule has 1 heterocycles. The monoisotopic (exact) mass is 298 g/mol. The van der Waals surface area contributed by atoms with E-state index < -0.39 is 0 Å². The molecule has 0 aromatic heterocycles. The molecule has 1 aromatic carbocycles. The van der Waals surface area contributed by atoms with Crippen LogP contribution < -0.4 is 5.32 Å². The quantitative estimate of drug-likeness (QED) is 0.840. The molecule has 0 spiro atoms. The second-order valence-corrected chi connectivity index (χ2v) is 5.09. The van der Waals surface area contributed by atoms with Crippen molar-refractivity contribution >= 4 is 15.9 Å². The van der Waals surface area contributed by atoms with Crippen LogP contribution in [0.15, 0.2) is 28.7 Å². The van der Waals surface area contributed by atoms with Crippen molar-refractivity contribution in [2.24, 2.45) is 0 Å². The number of nitrogens with one attached hydrogen (secondary N) is 1. The smallest absolute Gasteiger partial charge is 0.0728 e. The molecule has 3 nitrogen and oxygen atoms in total. The normalized spacial score (nSPS) is 17.2. The van der Waals surface area contributed by atoms with E-state index in [4.69, 9.17) is 4.74 Å². The second-order valence-electron chi connectivity index (χ2n) is 4.24. The zero-order valence-electron chi connectivity index (χ0n) is 9.99. The summed E-state index contributed by atoms with van der Waals surface area (Å²) in [6.45, 7) is 7.01. The van der Waals surface area contributed by atoms with Gasteiger partial charge in [0.15, 0.2) is 0 Å². The maximum atomic E-state index is 5.71. The van der Waals surface area contributed by atoms with Gasteiger partial charge in [-0.3, -0.25) is 4.90 Å². The fourth-order valence-electron chi connectivity index (χ4n) is 1.93. The summed E-state index contributed by atoms with van der Waals surface area (Å²) in [5.41, 5.74) is 1.22. The van der Waals surface area contributed by atoms with Gasteiger partial charge in [-0.1, -0.05) is 34.1 Å². The number of nitrogens with zero attached hydrogens (tertiary/aromatic N) is 1. The number of halogens is 1. The molecule has 17 heavy (non-hydrogen) atoms. The highest BCUT2D eigenvalue weighted by Crippen LogP contribution is 2.16. The van der Waals surface area contributed by atoms with Gasteiger partial charge in [0.05, 0.1) is 13.2 Å². The molecule has 94 valence electrons. The fraction of sp³-hybridized carbons (Fsp3) is 0.538. The number of benzene rings is 1. The third-order valence-electron chi connectivity index (χ3n) is 2.98. The standard InChI is InChI=1S/C13H19BrN2O/c14-13-4-2-1-3-12(13)11-17-10-9-16-7-5-15-6-8-16/h1-4,15H,5-11H2. The molecule has 1 aliphatic heterocycles. The second kappa shape index (κ2) is 7.11. The van der Waals surface area contributed by atoms with Crippen LogP contribution in [-0.2, 0) is 11.3 Å². The van der Waals surface area contributed by atoms with Crippen LogP contribution in [0.25, 0.3) is 0 Å². The molecule has 0 bridgehead atoms. The predicted molar refractivity (Wildman–Crippen MR) is 73.1 cm³/mol. The summed E-state index contributed by atoms with van der Waals surface area (Å²) >= 11 is 3.53. The van der Waals surface area contributed by atoms with Crippen molar-refractivity contribution in [3.63, 3.8) is 0 Å². The molecule has 0 amide bonds. The van der Waals surface area contributed by atoms with Crippen molar-refractivity contribution in [1.29, 1.82) is 0 Å². The van der Waals surface area contributed by atoms with Gasteiger partial charge < -0.3 is 10.1 Å². The van der Waals surface area contributed by atoms with E-state index in [1.165, 1.54) is 5.56 Å². The Morgan fingerprint density at radius 1 is 1.24 bits per heavy atom. The van der Waals surface area contributed by atoms with Gasteiger partial charge in [-0.05, 0) is 11.6 Å². The number of hydrogen-bond acceptors (Lipinski definition) is 3. The highest BCUT2D eigenvalue weighted by Gasteiger charge is 2.08. The minimum Gasteiger partial charge on any atom is -0.375 e. The van der Waals surface area contributed by atoms with E-state index >= 15 is 0 Å². The van der Waals surface area contributed by atoms with E-state index in [1.807, 2.05) is 12.1 Å². The average Bonchev–Trinajstić information content (AvgIpc) is 2.38. The lowest BCUT2D eigenvalue weighted by atomic mass is 10.2. The summed E-state index contributed by atoms with van der Waals surface area (Å²) in [4.78, 5) is 2.44. The Bertz CT molecular complexity index is 340. The highest BCUT2D eigenvalue weighted by molar-refractivity contribution is 9.10. The van der Waals surface area contributed by atoms with Crippen molar-refractivity contribution in [1.82, 2.24) is 10.2 Å². The summed E-state index contributed by atoms with van der Waals surface area (Å²) in [5, 5.41) is 3.35. The largest absolute Gasteiger partial charge is 0.375 e. The molecule has 1 aliphatic rings. The van der Waals surface area contributed by atoms with Gasteiger partial charge in [0.25, 0.3) is 0 Å². The van der Waals surface area contributed by atoms with Crippen LogP contribution in [0.2, 0.25) is 0 Å².